The van der Waals surface area contributed by atoms with Crippen molar-refractivity contribution in [1.29, 1.82) is 0 Å². The SMILES string of the molecule is CC(C)(CNC(=O)c1ccc(Br)cc1)c1ccccc1F. The Morgan fingerprint density at radius 3 is 2.38 bits per heavy atom. The highest BCUT2D eigenvalue weighted by atomic mass is 79.9. The third-order valence-electron chi connectivity index (χ3n) is 3.40. The minimum atomic E-state index is -0.476. The number of carbonyl (C=O) groups excluding carboxylic acids is 1. The molecule has 1 amide bonds. The zero-order chi connectivity index (χ0) is 15.5. The summed E-state index contributed by atoms with van der Waals surface area (Å²) < 4.78 is 14.8. The minimum Gasteiger partial charge on any atom is -0.351 e. The van der Waals surface area contributed by atoms with Crippen molar-refractivity contribution >= 4 is 21.8 Å². The maximum atomic E-state index is 13.9. The molecule has 4 heteroatoms. The van der Waals surface area contributed by atoms with Crippen LogP contribution in [0.4, 0.5) is 4.39 Å². The van der Waals surface area contributed by atoms with E-state index in [1.54, 1.807) is 30.3 Å². The van der Waals surface area contributed by atoms with E-state index in [0.717, 1.165) is 4.47 Å². The van der Waals surface area contributed by atoms with Gasteiger partial charge in [-0.2, -0.15) is 0 Å². The van der Waals surface area contributed by atoms with Gasteiger partial charge in [0.2, 0.25) is 0 Å². The van der Waals surface area contributed by atoms with Crippen LogP contribution in [-0.2, 0) is 5.41 Å². The summed E-state index contributed by atoms with van der Waals surface area (Å²) >= 11 is 3.33. The summed E-state index contributed by atoms with van der Waals surface area (Å²) in [6, 6.07) is 13.8. The highest BCUT2D eigenvalue weighted by Crippen LogP contribution is 2.25. The lowest BCUT2D eigenvalue weighted by Gasteiger charge is -2.26. The van der Waals surface area contributed by atoms with Crippen molar-refractivity contribution < 1.29 is 9.18 Å². The largest absolute Gasteiger partial charge is 0.351 e. The van der Waals surface area contributed by atoms with Crippen molar-refractivity contribution in [3.63, 3.8) is 0 Å². The molecule has 0 saturated carbocycles. The van der Waals surface area contributed by atoms with Crippen molar-refractivity contribution in [3.8, 4) is 0 Å². The predicted molar refractivity (Wildman–Crippen MR) is 85.9 cm³/mol. The number of carbonyl (C=O) groups is 1. The first-order valence-corrected chi connectivity index (χ1v) is 7.48. The standard InChI is InChI=1S/C17H17BrFNO/c1-17(2,14-5-3-4-6-15(14)19)11-20-16(21)12-7-9-13(18)10-8-12/h3-10H,11H2,1-2H3,(H,20,21). The van der Waals surface area contributed by atoms with Gasteiger partial charge in [0.1, 0.15) is 5.82 Å². The number of rotatable bonds is 4. The van der Waals surface area contributed by atoms with Crippen molar-refractivity contribution in [2.75, 3.05) is 6.54 Å². The summed E-state index contributed by atoms with van der Waals surface area (Å²) in [6.45, 7) is 4.18. The molecule has 110 valence electrons. The van der Waals surface area contributed by atoms with E-state index >= 15 is 0 Å². The normalized spacial score (nSPS) is 11.2. The first-order valence-electron chi connectivity index (χ1n) is 6.69. The average molecular weight is 350 g/mol. The van der Waals surface area contributed by atoms with E-state index < -0.39 is 5.41 Å². The van der Waals surface area contributed by atoms with E-state index in [-0.39, 0.29) is 11.7 Å². The number of nitrogens with one attached hydrogen (secondary N) is 1. The molecule has 2 aromatic rings. The topological polar surface area (TPSA) is 29.1 Å². The number of halogens is 2. The molecule has 0 heterocycles. The summed E-state index contributed by atoms with van der Waals surface area (Å²) in [4.78, 5) is 12.1. The van der Waals surface area contributed by atoms with E-state index in [4.69, 9.17) is 0 Å². The highest BCUT2D eigenvalue weighted by molar-refractivity contribution is 9.10. The zero-order valence-corrected chi connectivity index (χ0v) is 13.6. The summed E-state index contributed by atoms with van der Waals surface area (Å²) in [5.74, 6) is -0.410. The summed E-state index contributed by atoms with van der Waals surface area (Å²) in [5.41, 5.74) is 0.708. The summed E-state index contributed by atoms with van der Waals surface area (Å²) in [6.07, 6.45) is 0. The van der Waals surface area contributed by atoms with E-state index in [1.165, 1.54) is 6.07 Å². The van der Waals surface area contributed by atoms with Gasteiger partial charge < -0.3 is 5.32 Å². The Labute approximate surface area is 132 Å². The Bertz CT molecular complexity index is 637. The van der Waals surface area contributed by atoms with Crippen LogP contribution in [0.5, 0.6) is 0 Å². The average Bonchev–Trinajstić information content (AvgIpc) is 2.46. The summed E-state index contributed by atoms with van der Waals surface area (Å²) in [7, 11) is 0. The van der Waals surface area contributed by atoms with Crippen molar-refractivity contribution in [2.45, 2.75) is 19.3 Å². The first kappa shape index (κ1) is 15.7. The van der Waals surface area contributed by atoms with Gasteiger partial charge in [-0.1, -0.05) is 48.0 Å². The molecular weight excluding hydrogens is 333 g/mol. The minimum absolute atomic E-state index is 0.160. The van der Waals surface area contributed by atoms with Crippen LogP contribution in [0, 0.1) is 5.82 Å². The van der Waals surface area contributed by atoms with Gasteiger partial charge in [-0.15, -0.1) is 0 Å². The third kappa shape index (κ3) is 3.91. The molecule has 0 aliphatic rings. The van der Waals surface area contributed by atoms with Crippen LogP contribution in [0.3, 0.4) is 0 Å². The molecule has 2 aromatic carbocycles. The highest BCUT2D eigenvalue weighted by Gasteiger charge is 2.24. The van der Waals surface area contributed by atoms with Crippen LogP contribution in [-0.4, -0.2) is 12.5 Å². The number of benzene rings is 2. The van der Waals surface area contributed by atoms with Gasteiger partial charge in [-0.25, -0.2) is 4.39 Å². The first-order chi connectivity index (χ1) is 9.90. The number of hydrogen-bond acceptors (Lipinski definition) is 1. The van der Waals surface area contributed by atoms with Crippen LogP contribution in [0.15, 0.2) is 53.0 Å². The van der Waals surface area contributed by atoms with Gasteiger partial charge >= 0.3 is 0 Å². The molecule has 0 saturated heterocycles. The summed E-state index contributed by atoms with van der Waals surface area (Å²) in [5, 5.41) is 2.86. The predicted octanol–water partition coefficient (Wildman–Crippen LogP) is 4.30. The second-order valence-electron chi connectivity index (χ2n) is 5.55. The molecule has 21 heavy (non-hydrogen) atoms. The van der Waals surface area contributed by atoms with Crippen LogP contribution in [0.1, 0.15) is 29.8 Å². The molecule has 1 N–H and O–H groups in total. The molecule has 0 spiro atoms. The molecule has 0 aromatic heterocycles. The van der Waals surface area contributed by atoms with Crippen LogP contribution < -0.4 is 5.32 Å². The van der Waals surface area contributed by atoms with E-state index in [9.17, 15) is 9.18 Å². The van der Waals surface area contributed by atoms with Gasteiger partial charge in [-0.05, 0) is 35.9 Å². The fraction of sp³-hybridized carbons (Fsp3) is 0.235. The van der Waals surface area contributed by atoms with Gasteiger partial charge in [0.25, 0.3) is 5.91 Å². The smallest absolute Gasteiger partial charge is 0.251 e. The van der Waals surface area contributed by atoms with Gasteiger partial charge in [0.15, 0.2) is 0 Å². The molecule has 2 rings (SSSR count). The monoisotopic (exact) mass is 349 g/mol. The fourth-order valence-corrected chi connectivity index (χ4v) is 2.37. The van der Waals surface area contributed by atoms with Gasteiger partial charge in [0.05, 0.1) is 0 Å². The van der Waals surface area contributed by atoms with E-state index in [1.807, 2.05) is 26.0 Å². The number of hydrogen-bond donors (Lipinski definition) is 1. The lowest BCUT2D eigenvalue weighted by Crippen LogP contribution is -2.37. The lowest BCUT2D eigenvalue weighted by atomic mass is 9.84. The van der Waals surface area contributed by atoms with Crippen LogP contribution in [0.25, 0.3) is 0 Å². The molecule has 0 aliphatic carbocycles. The lowest BCUT2D eigenvalue weighted by molar-refractivity contribution is 0.0945. The second kappa shape index (κ2) is 6.39. The Morgan fingerprint density at radius 2 is 1.76 bits per heavy atom. The van der Waals surface area contributed by atoms with Crippen LogP contribution in [0.2, 0.25) is 0 Å². The van der Waals surface area contributed by atoms with Crippen LogP contribution >= 0.6 is 15.9 Å². The zero-order valence-electron chi connectivity index (χ0n) is 12.0. The number of amides is 1. The van der Waals surface area contributed by atoms with E-state index in [0.29, 0.717) is 17.7 Å². The molecule has 0 fully saturated rings. The van der Waals surface area contributed by atoms with E-state index in [2.05, 4.69) is 21.2 Å². The van der Waals surface area contributed by atoms with Gasteiger partial charge in [-0.3, -0.25) is 4.79 Å². The molecule has 2 nitrogen and oxygen atoms in total. The Balaban J connectivity index is 2.06. The Hall–Kier alpha value is -1.68. The second-order valence-corrected chi connectivity index (χ2v) is 6.47. The maximum Gasteiger partial charge on any atom is 0.251 e. The molecule has 0 radical (unpaired) electrons. The quantitative estimate of drug-likeness (QED) is 0.875. The van der Waals surface area contributed by atoms with Crippen molar-refractivity contribution in [3.05, 3.63) is 69.9 Å². The third-order valence-corrected chi connectivity index (χ3v) is 3.93. The molecule has 0 unspecified atom stereocenters. The Kier molecular flexibility index (Phi) is 4.78. The fourth-order valence-electron chi connectivity index (χ4n) is 2.11. The molecular formula is C17H17BrFNO. The van der Waals surface area contributed by atoms with Crippen molar-refractivity contribution in [2.24, 2.45) is 0 Å². The maximum absolute atomic E-state index is 13.9. The molecule has 0 aliphatic heterocycles. The molecule has 0 atom stereocenters. The van der Waals surface area contributed by atoms with Gasteiger partial charge in [0, 0.05) is 22.0 Å². The Morgan fingerprint density at radius 1 is 1.14 bits per heavy atom. The molecule has 0 bridgehead atoms. The van der Waals surface area contributed by atoms with Crippen molar-refractivity contribution in [1.82, 2.24) is 5.32 Å².